The van der Waals surface area contributed by atoms with Crippen molar-refractivity contribution in [2.45, 2.75) is 17.7 Å². The summed E-state index contributed by atoms with van der Waals surface area (Å²) in [6.45, 7) is 2.04. The first-order chi connectivity index (χ1) is 7.97. The number of nitrogens with one attached hydrogen (secondary N) is 1. The largest absolute Gasteiger partial charge is 0.252 e. The average molecular weight is 310 g/mol. The number of nitrogens with zero attached hydrogens (tertiary/aromatic N) is 2. The van der Waals surface area contributed by atoms with Crippen LogP contribution in [0.5, 0.6) is 0 Å². The van der Waals surface area contributed by atoms with Crippen LogP contribution in [0.2, 0.25) is 4.47 Å². The van der Waals surface area contributed by atoms with Gasteiger partial charge in [0.2, 0.25) is 0 Å². The van der Waals surface area contributed by atoms with Gasteiger partial charge in [-0.3, -0.25) is 0 Å². The molecule has 0 aromatic carbocycles. The quantitative estimate of drug-likeness (QED) is 0.938. The normalized spacial score (nSPS) is 11.9. The molecule has 0 unspecified atom stereocenters. The van der Waals surface area contributed by atoms with Gasteiger partial charge in [0.05, 0.1) is 23.4 Å². The first-order valence-electron chi connectivity index (χ1n) is 4.49. The second-order valence-electron chi connectivity index (χ2n) is 3.11. The molecule has 0 atom stereocenters. The van der Waals surface area contributed by atoms with E-state index in [1.54, 1.807) is 0 Å². The third-order valence-electron chi connectivity index (χ3n) is 1.83. The molecule has 0 radical (unpaired) electrons. The summed E-state index contributed by atoms with van der Waals surface area (Å²) in [7, 11) is -3.54. The number of aryl methyl sites for hydroxylation is 1. The van der Waals surface area contributed by atoms with Crippen molar-refractivity contribution in [3.05, 3.63) is 26.7 Å². The highest BCUT2D eigenvalue weighted by molar-refractivity contribution is 7.91. The Morgan fingerprint density at radius 3 is 2.82 bits per heavy atom. The molecule has 0 aliphatic rings. The van der Waals surface area contributed by atoms with E-state index in [0.29, 0.717) is 5.69 Å². The molecule has 0 saturated carbocycles. The van der Waals surface area contributed by atoms with Crippen molar-refractivity contribution < 1.29 is 8.42 Å². The fraction of sp³-hybridized carbons (Fsp3) is 0.250. The van der Waals surface area contributed by atoms with Gasteiger partial charge in [-0.15, -0.1) is 11.3 Å². The van der Waals surface area contributed by atoms with Gasteiger partial charge < -0.3 is 0 Å². The Balaban J connectivity index is 2.08. The molecule has 0 saturated heterocycles. The van der Waals surface area contributed by atoms with Crippen molar-refractivity contribution in [3.8, 4) is 0 Å². The summed E-state index contributed by atoms with van der Waals surface area (Å²) in [5.74, 6) is 0. The van der Waals surface area contributed by atoms with Gasteiger partial charge in [0, 0.05) is 5.38 Å². The first kappa shape index (κ1) is 12.9. The Kier molecular flexibility index (Phi) is 3.79. The minimum absolute atomic E-state index is 0.106. The smallest absolute Gasteiger partial charge is 0.245 e. The van der Waals surface area contributed by atoms with Gasteiger partial charge in [0.1, 0.15) is 0 Å². The standard InChI is InChI=1S/C8H8ClN3O2S3/c1-5-12-6(4-15-5)2-11-17(13,14)7-3-10-8(9)16-7/h3-4,11H,2H2,1H3. The minimum atomic E-state index is -3.54. The second kappa shape index (κ2) is 4.99. The third kappa shape index (κ3) is 3.23. The number of thiazole rings is 2. The zero-order valence-corrected chi connectivity index (χ0v) is 11.9. The molecule has 2 aromatic heterocycles. The topological polar surface area (TPSA) is 72.0 Å². The summed E-state index contributed by atoms with van der Waals surface area (Å²) in [6, 6.07) is 0. The molecule has 0 amide bonds. The fourth-order valence-corrected chi connectivity index (χ4v) is 4.04. The fourth-order valence-electron chi connectivity index (χ4n) is 1.09. The zero-order chi connectivity index (χ0) is 12.5. The molecule has 17 heavy (non-hydrogen) atoms. The Morgan fingerprint density at radius 1 is 1.53 bits per heavy atom. The molecule has 2 heterocycles. The van der Waals surface area contributed by atoms with Crippen molar-refractivity contribution in [2.75, 3.05) is 0 Å². The van der Waals surface area contributed by atoms with Gasteiger partial charge >= 0.3 is 0 Å². The van der Waals surface area contributed by atoms with Crippen molar-refractivity contribution in [3.63, 3.8) is 0 Å². The molecule has 0 bridgehead atoms. The van der Waals surface area contributed by atoms with E-state index in [1.807, 2.05) is 12.3 Å². The molecule has 0 spiro atoms. The SMILES string of the molecule is Cc1nc(CNS(=O)(=O)c2cnc(Cl)s2)cs1. The molecule has 0 fully saturated rings. The number of rotatable bonds is 4. The molecular formula is C8H8ClN3O2S3. The van der Waals surface area contributed by atoms with Crippen LogP contribution in [-0.4, -0.2) is 18.4 Å². The lowest BCUT2D eigenvalue weighted by Crippen LogP contribution is -2.22. The van der Waals surface area contributed by atoms with Gasteiger partial charge in [-0.25, -0.2) is 23.1 Å². The molecule has 0 aliphatic heterocycles. The van der Waals surface area contributed by atoms with E-state index in [4.69, 9.17) is 11.6 Å². The summed E-state index contributed by atoms with van der Waals surface area (Å²) in [5.41, 5.74) is 0.701. The highest BCUT2D eigenvalue weighted by Crippen LogP contribution is 2.22. The molecule has 5 nitrogen and oxygen atoms in total. The predicted molar refractivity (Wildman–Crippen MR) is 68.0 cm³/mol. The van der Waals surface area contributed by atoms with Crippen LogP contribution in [-0.2, 0) is 16.6 Å². The molecule has 9 heteroatoms. The summed E-state index contributed by atoms with van der Waals surface area (Å²) in [4.78, 5) is 7.86. The molecular weight excluding hydrogens is 302 g/mol. The molecule has 2 rings (SSSR count). The van der Waals surface area contributed by atoms with Gasteiger partial charge in [-0.1, -0.05) is 22.9 Å². The first-order valence-corrected chi connectivity index (χ1v) is 8.05. The molecule has 2 aromatic rings. The number of sulfonamides is 1. The van der Waals surface area contributed by atoms with Crippen molar-refractivity contribution in [1.29, 1.82) is 0 Å². The van der Waals surface area contributed by atoms with Crippen LogP contribution in [0.1, 0.15) is 10.7 Å². The maximum atomic E-state index is 11.8. The van der Waals surface area contributed by atoms with Gasteiger partial charge in [0.25, 0.3) is 10.0 Å². The molecule has 0 aliphatic carbocycles. The highest BCUT2D eigenvalue weighted by atomic mass is 35.5. The van der Waals surface area contributed by atoms with Gasteiger partial charge in [0.15, 0.2) is 8.68 Å². The van der Waals surface area contributed by atoms with E-state index in [-0.39, 0.29) is 15.2 Å². The second-order valence-corrected chi connectivity index (χ2v) is 7.78. The number of halogens is 1. The van der Waals surface area contributed by atoms with Crippen LogP contribution in [0.15, 0.2) is 15.8 Å². The van der Waals surface area contributed by atoms with Crippen molar-refractivity contribution in [1.82, 2.24) is 14.7 Å². The van der Waals surface area contributed by atoms with Crippen LogP contribution in [0, 0.1) is 6.92 Å². The third-order valence-corrected chi connectivity index (χ3v) is 5.63. The number of hydrogen-bond donors (Lipinski definition) is 1. The lowest BCUT2D eigenvalue weighted by atomic mass is 10.5. The monoisotopic (exact) mass is 309 g/mol. The van der Waals surface area contributed by atoms with E-state index in [1.165, 1.54) is 17.5 Å². The summed E-state index contributed by atoms with van der Waals surface area (Å²) < 4.78 is 26.4. The van der Waals surface area contributed by atoms with E-state index in [0.717, 1.165) is 16.3 Å². The van der Waals surface area contributed by atoms with E-state index < -0.39 is 10.0 Å². The van der Waals surface area contributed by atoms with E-state index >= 15 is 0 Å². The van der Waals surface area contributed by atoms with Crippen LogP contribution < -0.4 is 4.72 Å². The number of aromatic nitrogens is 2. The zero-order valence-electron chi connectivity index (χ0n) is 8.68. The van der Waals surface area contributed by atoms with Crippen LogP contribution in [0.25, 0.3) is 0 Å². The van der Waals surface area contributed by atoms with Crippen LogP contribution >= 0.6 is 34.3 Å². The Morgan fingerprint density at radius 2 is 2.29 bits per heavy atom. The maximum absolute atomic E-state index is 11.8. The molecule has 92 valence electrons. The highest BCUT2D eigenvalue weighted by Gasteiger charge is 2.17. The average Bonchev–Trinajstić information content (AvgIpc) is 2.85. The van der Waals surface area contributed by atoms with Gasteiger partial charge in [-0.2, -0.15) is 0 Å². The summed E-state index contributed by atoms with van der Waals surface area (Å²) in [6.07, 6.45) is 1.24. The van der Waals surface area contributed by atoms with Gasteiger partial charge in [-0.05, 0) is 6.92 Å². The van der Waals surface area contributed by atoms with E-state index in [2.05, 4.69) is 14.7 Å². The van der Waals surface area contributed by atoms with E-state index in [9.17, 15) is 8.42 Å². The van der Waals surface area contributed by atoms with Crippen molar-refractivity contribution >= 4 is 44.3 Å². The summed E-state index contributed by atoms with van der Waals surface area (Å²) in [5, 5.41) is 2.72. The van der Waals surface area contributed by atoms with Crippen LogP contribution in [0.3, 0.4) is 0 Å². The summed E-state index contributed by atoms with van der Waals surface area (Å²) >= 11 is 7.99. The Hall–Kier alpha value is -0.540. The maximum Gasteiger partial charge on any atom is 0.252 e. The Bertz CT molecular complexity index is 620. The molecule has 1 N–H and O–H groups in total. The van der Waals surface area contributed by atoms with Crippen molar-refractivity contribution in [2.24, 2.45) is 0 Å². The lowest BCUT2D eigenvalue weighted by Gasteiger charge is -2.01. The number of hydrogen-bond acceptors (Lipinski definition) is 6. The minimum Gasteiger partial charge on any atom is -0.245 e. The lowest BCUT2D eigenvalue weighted by molar-refractivity contribution is 0.582. The van der Waals surface area contributed by atoms with Crippen LogP contribution in [0.4, 0.5) is 0 Å². The predicted octanol–water partition coefficient (Wildman–Crippen LogP) is 2.04. The Labute approximate surface area is 112 Å².